The minimum atomic E-state index is -0.0538. The van der Waals surface area contributed by atoms with Crippen molar-refractivity contribution in [1.82, 2.24) is 0 Å². The zero-order valence-electron chi connectivity index (χ0n) is 14.8. The van der Waals surface area contributed by atoms with Crippen molar-refractivity contribution in [2.45, 2.75) is 96.9 Å². The smallest absolute Gasteiger partial charge is 0.202 e. The van der Waals surface area contributed by atoms with Crippen LogP contribution in [0.1, 0.15) is 96.9 Å². The van der Waals surface area contributed by atoms with Crippen molar-refractivity contribution in [3.05, 3.63) is 0 Å². The molecule has 0 aliphatic heterocycles. The molecule has 0 aromatic heterocycles. The Labute approximate surface area is 151 Å². The average Bonchev–Trinajstić information content (AvgIpc) is 2.36. The van der Waals surface area contributed by atoms with Crippen LogP contribution >= 0.6 is 0 Å². The van der Waals surface area contributed by atoms with E-state index in [0.717, 1.165) is 6.42 Å². The number of carbonyl (C=O) groups is 4. The third-order valence-electron chi connectivity index (χ3n) is 1.44. The molecule has 0 rings (SSSR count). The Balaban J connectivity index is -0.0000000314. The average molecular weight is 347 g/mol. The van der Waals surface area contributed by atoms with Crippen molar-refractivity contribution in [2.24, 2.45) is 0 Å². The van der Waals surface area contributed by atoms with E-state index in [2.05, 4.69) is 11.8 Å². The van der Waals surface area contributed by atoms with Gasteiger partial charge in [0.15, 0.2) is 0 Å². The first-order valence-electron chi connectivity index (χ1n) is 7.00. The van der Waals surface area contributed by atoms with Gasteiger partial charge in [0.25, 0.3) is 0 Å². The highest BCUT2D eigenvalue weighted by molar-refractivity contribution is 5.93. The molecule has 0 aliphatic rings. The lowest BCUT2D eigenvalue weighted by atomic mass is 10.4. The summed E-state index contributed by atoms with van der Waals surface area (Å²) < 4.78 is 0. The Kier molecular flexibility index (Phi) is 67.4. The highest BCUT2D eigenvalue weighted by atomic mass is 16.1. The highest BCUT2D eigenvalue weighted by Crippen LogP contribution is 1.72. The summed E-state index contributed by atoms with van der Waals surface area (Å²) in [6.07, 6.45) is 2.10. The first kappa shape index (κ1) is 43.2. The minimum absolute atomic E-state index is 0. The van der Waals surface area contributed by atoms with Gasteiger partial charge < -0.3 is 14.4 Å². The second kappa shape index (κ2) is 37.5. The molecule has 0 radical (unpaired) electrons. The van der Waals surface area contributed by atoms with Crippen LogP contribution in [-0.2, 0) is 19.2 Å². The Morgan fingerprint density at radius 1 is 0.667 bits per heavy atom. The molecule has 0 amide bonds. The first-order chi connectivity index (χ1) is 9.54. The second-order valence-corrected chi connectivity index (χ2v) is 4.23. The number of ketones is 4. The van der Waals surface area contributed by atoms with Gasteiger partial charge in [0.2, 0.25) is 5.78 Å². The van der Waals surface area contributed by atoms with Crippen molar-refractivity contribution in [1.29, 1.82) is 0 Å². The van der Waals surface area contributed by atoms with Crippen LogP contribution in [-0.4, -0.2) is 23.1 Å². The van der Waals surface area contributed by atoms with Crippen molar-refractivity contribution in [3.8, 4) is 11.8 Å². The third kappa shape index (κ3) is 192. The normalized spacial score (nSPS) is 6.17. The molecule has 4 heteroatoms. The van der Waals surface area contributed by atoms with Crippen LogP contribution in [0.3, 0.4) is 0 Å². The molecule has 0 aromatic rings. The summed E-state index contributed by atoms with van der Waals surface area (Å²) in [7, 11) is 0. The lowest BCUT2D eigenvalue weighted by molar-refractivity contribution is -0.117. The van der Waals surface area contributed by atoms with Gasteiger partial charge in [-0.25, -0.2) is 0 Å². The number of Topliss-reactive ketones (excluding diaryl/α,β-unsaturated/α-hetero) is 4. The Morgan fingerprint density at radius 3 is 0.917 bits per heavy atom. The van der Waals surface area contributed by atoms with E-state index >= 15 is 0 Å². The summed E-state index contributed by atoms with van der Waals surface area (Å²) in [5.74, 6) is 5.68. The summed E-state index contributed by atoms with van der Waals surface area (Å²) in [5, 5.41) is 0. The number of rotatable bonds is 2. The van der Waals surface area contributed by atoms with E-state index in [1.807, 2.05) is 20.8 Å². The fraction of sp³-hybridized carbons (Fsp3) is 0.700. The zero-order chi connectivity index (χ0) is 17.8. The number of carbonyl (C=O) groups excluding carboxylic acids is 4. The van der Waals surface area contributed by atoms with Crippen LogP contribution in [0.15, 0.2) is 0 Å². The molecule has 0 fully saturated rings. The maximum Gasteiger partial charge on any atom is 0.202 e. The monoisotopic (exact) mass is 346 g/mol. The number of hydrogen-bond acceptors (Lipinski definition) is 4. The molecule has 0 atom stereocenters. The molecule has 4 nitrogen and oxygen atoms in total. The van der Waals surface area contributed by atoms with Gasteiger partial charge in [0.05, 0.1) is 0 Å². The highest BCUT2D eigenvalue weighted by Gasteiger charge is 1.77. The summed E-state index contributed by atoms with van der Waals surface area (Å²) in [6, 6.07) is 0. The summed E-state index contributed by atoms with van der Waals surface area (Å²) in [5.41, 5.74) is 0. The third-order valence-corrected chi connectivity index (χ3v) is 1.44. The first-order valence-corrected chi connectivity index (χ1v) is 7.00. The van der Waals surface area contributed by atoms with Crippen LogP contribution in [0.5, 0.6) is 0 Å². The van der Waals surface area contributed by atoms with Crippen molar-refractivity contribution in [2.75, 3.05) is 0 Å². The van der Waals surface area contributed by atoms with E-state index in [-0.39, 0.29) is 45.4 Å². The van der Waals surface area contributed by atoms with Gasteiger partial charge in [-0.3, -0.25) is 4.79 Å². The predicted octanol–water partition coefficient (Wildman–Crippen LogP) is 5.46. The fourth-order valence-corrected chi connectivity index (χ4v) is 0.213. The van der Waals surface area contributed by atoms with E-state index < -0.39 is 0 Å². The van der Waals surface area contributed by atoms with Crippen molar-refractivity contribution >= 4 is 23.1 Å². The van der Waals surface area contributed by atoms with Gasteiger partial charge in [0.1, 0.15) is 17.3 Å². The van der Waals surface area contributed by atoms with Gasteiger partial charge in [-0.2, -0.15) is 0 Å². The van der Waals surface area contributed by atoms with Crippen LogP contribution in [0.2, 0.25) is 0 Å². The molecular weight excluding hydrogens is 304 g/mol. The lowest BCUT2D eigenvalue weighted by Gasteiger charge is -1.71. The quantitative estimate of drug-likeness (QED) is 0.491. The summed E-state index contributed by atoms with van der Waals surface area (Å²) in [6.45, 7) is 13.3. The van der Waals surface area contributed by atoms with Gasteiger partial charge in [0, 0.05) is 26.2 Å². The Bertz CT molecular complexity index is 340. The van der Waals surface area contributed by atoms with Crippen molar-refractivity contribution < 1.29 is 19.2 Å². The molecule has 146 valence electrons. The molecule has 0 N–H and O–H groups in total. The molecule has 0 spiro atoms. The number of hydrogen-bond donors (Lipinski definition) is 0. The zero-order valence-corrected chi connectivity index (χ0v) is 14.8. The molecule has 0 saturated carbocycles. The van der Waals surface area contributed by atoms with Crippen LogP contribution in [0, 0.1) is 11.8 Å². The second-order valence-electron chi connectivity index (χ2n) is 4.23. The minimum Gasteiger partial charge on any atom is -0.300 e. The molecule has 24 heavy (non-hydrogen) atoms. The van der Waals surface area contributed by atoms with Gasteiger partial charge in [-0.05, 0) is 33.6 Å². The predicted molar refractivity (Wildman–Crippen MR) is 107 cm³/mol. The Morgan fingerprint density at radius 2 is 0.875 bits per heavy atom. The van der Waals surface area contributed by atoms with Crippen LogP contribution < -0.4 is 0 Å². The lowest BCUT2D eigenvalue weighted by Crippen LogP contribution is -1.80. The van der Waals surface area contributed by atoms with Crippen LogP contribution in [0.4, 0.5) is 0 Å². The van der Waals surface area contributed by atoms with E-state index in [9.17, 15) is 19.2 Å². The maximum absolute atomic E-state index is 10.0. The molecule has 0 bridgehead atoms. The van der Waals surface area contributed by atoms with Crippen LogP contribution in [0.25, 0.3) is 0 Å². The van der Waals surface area contributed by atoms with Crippen molar-refractivity contribution in [3.63, 3.8) is 0 Å². The van der Waals surface area contributed by atoms with E-state index in [0.29, 0.717) is 12.8 Å². The SMILES string of the molecule is C.C.C.CC(C)=O.CCC#CC(C)=O.CCC(C)=O.CCC(C)=O. The molecule has 0 aliphatic carbocycles. The summed E-state index contributed by atoms with van der Waals surface area (Å²) in [4.78, 5) is 39.1. The largest absolute Gasteiger partial charge is 0.300 e. The van der Waals surface area contributed by atoms with E-state index in [1.165, 1.54) is 20.8 Å². The van der Waals surface area contributed by atoms with E-state index in [4.69, 9.17) is 0 Å². The Hall–Kier alpha value is -1.76. The summed E-state index contributed by atoms with van der Waals surface area (Å²) >= 11 is 0. The van der Waals surface area contributed by atoms with Gasteiger partial charge >= 0.3 is 0 Å². The standard InChI is InChI=1S/C6H8O.2C4H8O.C3H6O.3CH4/c1-3-4-5-6(2)7;2*1-3-4(2)5;1-3(2)4;;;/h3H2,1-2H3;2*3H2,1-2H3;1-2H3;3*1H4. The molecule has 0 heterocycles. The van der Waals surface area contributed by atoms with E-state index in [1.54, 1.807) is 13.8 Å². The topological polar surface area (TPSA) is 68.3 Å². The molecule has 0 saturated heterocycles. The van der Waals surface area contributed by atoms with Gasteiger partial charge in [-0.1, -0.05) is 49.0 Å². The fourth-order valence-electron chi connectivity index (χ4n) is 0.213. The molecular formula is C20H42O4. The molecule has 0 unspecified atom stereocenters. The molecule has 0 aromatic carbocycles. The maximum atomic E-state index is 10.0. The van der Waals surface area contributed by atoms with Gasteiger partial charge in [-0.15, -0.1) is 0 Å².